The molecule has 0 aliphatic carbocycles. The number of hydrogen-bond donors (Lipinski definition) is 0. The molecule has 0 amide bonds. The van der Waals surface area contributed by atoms with Gasteiger partial charge in [-0.1, -0.05) is 6.08 Å². The van der Waals surface area contributed by atoms with Crippen molar-refractivity contribution in [3.05, 3.63) is 12.7 Å². The highest BCUT2D eigenvalue weighted by Gasteiger charge is 2.19. The van der Waals surface area contributed by atoms with Gasteiger partial charge in [0.1, 0.15) is 0 Å². The van der Waals surface area contributed by atoms with E-state index < -0.39 is 15.7 Å². The maximum atomic E-state index is 10.5. The van der Waals surface area contributed by atoms with Gasteiger partial charge in [0.05, 0.1) is 11.9 Å². The Morgan fingerprint density at radius 3 is 2.00 bits per heavy atom. The van der Waals surface area contributed by atoms with Crippen molar-refractivity contribution in [2.45, 2.75) is 19.4 Å². The molecule has 0 spiro atoms. The first-order valence-corrected chi connectivity index (χ1v) is 4.63. The molecule has 0 heterocycles. The molecule has 0 saturated heterocycles. The fourth-order valence-corrected chi connectivity index (χ4v) is 1.27. The maximum absolute atomic E-state index is 10.5. The zero-order chi connectivity index (χ0) is 8.41. The molecule has 0 N–H and O–H groups in total. The van der Waals surface area contributed by atoms with E-state index in [0.717, 1.165) is 6.26 Å². The summed E-state index contributed by atoms with van der Waals surface area (Å²) in [6.07, 6.45) is 2.45. The largest absolute Gasteiger partial charge is 0.265 e. The average Bonchev–Trinajstić information content (AvgIpc) is 1.60. The van der Waals surface area contributed by atoms with Crippen molar-refractivity contribution in [2.24, 2.45) is 0 Å². The lowest BCUT2D eigenvalue weighted by molar-refractivity contribution is 0.173. The first kappa shape index (κ1) is 9.65. The molecule has 0 aliphatic rings. The van der Waals surface area contributed by atoms with Gasteiger partial charge in [0.15, 0.2) is 0 Å². The van der Waals surface area contributed by atoms with E-state index in [1.54, 1.807) is 13.8 Å². The van der Waals surface area contributed by atoms with Crippen molar-refractivity contribution in [1.82, 2.24) is 0 Å². The molecular formula is C6H12O3S. The lowest BCUT2D eigenvalue weighted by Gasteiger charge is -2.17. The van der Waals surface area contributed by atoms with E-state index in [1.165, 1.54) is 6.08 Å². The van der Waals surface area contributed by atoms with Crippen molar-refractivity contribution in [3.8, 4) is 0 Å². The zero-order valence-corrected chi connectivity index (χ0v) is 7.23. The molecule has 0 radical (unpaired) electrons. The molecule has 0 aromatic carbocycles. The molecule has 0 atom stereocenters. The van der Waals surface area contributed by atoms with Gasteiger partial charge in [0.2, 0.25) is 0 Å². The minimum Gasteiger partial charge on any atom is -0.260 e. The van der Waals surface area contributed by atoms with E-state index in [4.69, 9.17) is 0 Å². The summed E-state index contributed by atoms with van der Waals surface area (Å²) in [5.74, 6) is 0. The van der Waals surface area contributed by atoms with Gasteiger partial charge < -0.3 is 0 Å². The Morgan fingerprint density at radius 2 is 1.90 bits per heavy atom. The molecule has 0 aliphatic heterocycles. The van der Waals surface area contributed by atoms with E-state index >= 15 is 0 Å². The third-order valence-corrected chi connectivity index (χ3v) is 1.59. The van der Waals surface area contributed by atoms with E-state index in [1.807, 2.05) is 0 Å². The molecule has 0 fully saturated rings. The summed E-state index contributed by atoms with van der Waals surface area (Å²) >= 11 is 0. The molecule has 0 rings (SSSR count). The third kappa shape index (κ3) is 4.52. The lowest BCUT2D eigenvalue weighted by atomic mass is 10.1. The van der Waals surface area contributed by atoms with E-state index in [-0.39, 0.29) is 0 Å². The van der Waals surface area contributed by atoms with Gasteiger partial charge in [-0.15, -0.1) is 6.58 Å². The Bertz CT molecular complexity index is 213. The Balaban J connectivity index is 4.30. The van der Waals surface area contributed by atoms with Crippen LogP contribution in [0.25, 0.3) is 0 Å². The van der Waals surface area contributed by atoms with Crippen LogP contribution in [-0.2, 0) is 14.3 Å². The van der Waals surface area contributed by atoms with Crippen LogP contribution < -0.4 is 0 Å². The highest BCUT2D eigenvalue weighted by molar-refractivity contribution is 7.86. The van der Waals surface area contributed by atoms with Gasteiger partial charge in [-0.3, -0.25) is 4.18 Å². The van der Waals surface area contributed by atoms with Gasteiger partial charge in [-0.25, -0.2) is 0 Å². The lowest BCUT2D eigenvalue weighted by Crippen LogP contribution is -2.24. The van der Waals surface area contributed by atoms with Crippen molar-refractivity contribution in [2.75, 3.05) is 6.26 Å². The van der Waals surface area contributed by atoms with Gasteiger partial charge in [0.25, 0.3) is 10.1 Å². The van der Waals surface area contributed by atoms with Crippen LogP contribution in [0.15, 0.2) is 12.7 Å². The Hall–Kier alpha value is -0.350. The van der Waals surface area contributed by atoms with Crippen LogP contribution >= 0.6 is 0 Å². The Kier molecular flexibility index (Phi) is 2.62. The molecule has 0 aromatic heterocycles. The summed E-state index contributed by atoms with van der Waals surface area (Å²) < 4.78 is 25.7. The minimum absolute atomic E-state index is 0.798. The second kappa shape index (κ2) is 2.72. The fourth-order valence-electron chi connectivity index (χ4n) is 0.424. The molecule has 10 heavy (non-hydrogen) atoms. The highest BCUT2D eigenvalue weighted by atomic mass is 32.2. The third-order valence-electron chi connectivity index (χ3n) is 0.858. The van der Waals surface area contributed by atoms with E-state index in [0.29, 0.717) is 0 Å². The molecular weight excluding hydrogens is 152 g/mol. The Morgan fingerprint density at radius 1 is 1.50 bits per heavy atom. The predicted octanol–water partition coefficient (Wildman–Crippen LogP) is 0.927. The summed E-state index contributed by atoms with van der Waals surface area (Å²) in [4.78, 5) is 0. The predicted molar refractivity (Wildman–Crippen MR) is 40.2 cm³/mol. The normalized spacial score (nSPS) is 13.1. The summed E-state index contributed by atoms with van der Waals surface area (Å²) in [6.45, 7) is 6.68. The average molecular weight is 164 g/mol. The molecule has 0 unspecified atom stereocenters. The van der Waals surface area contributed by atoms with E-state index in [9.17, 15) is 8.42 Å². The van der Waals surface area contributed by atoms with Crippen molar-refractivity contribution in [1.29, 1.82) is 0 Å². The number of hydrogen-bond acceptors (Lipinski definition) is 3. The zero-order valence-electron chi connectivity index (χ0n) is 6.42. The topological polar surface area (TPSA) is 43.4 Å². The van der Waals surface area contributed by atoms with Crippen LogP contribution in [0.4, 0.5) is 0 Å². The fraction of sp³-hybridized carbons (Fsp3) is 0.667. The summed E-state index contributed by atoms with van der Waals surface area (Å²) in [5, 5.41) is 0. The van der Waals surface area contributed by atoms with Crippen LogP contribution in [0.5, 0.6) is 0 Å². The van der Waals surface area contributed by atoms with Gasteiger partial charge >= 0.3 is 0 Å². The van der Waals surface area contributed by atoms with Gasteiger partial charge in [-0.2, -0.15) is 8.42 Å². The second-order valence-corrected chi connectivity index (χ2v) is 4.17. The van der Waals surface area contributed by atoms with Crippen LogP contribution in [0.2, 0.25) is 0 Å². The second-order valence-electron chi connectivity index (χ2n) is 2.60. The van der Waals surface area contributed by atoms with Crippen LogP contribution in [0, 0.1) is 0 Å². The van der Waals surface area contributed by atoms with Crippen LogP contribution in [-0.4, -0.2) is 20.3 Å². The summed E-state index contributed by atoms with van der Waals surface area (Å²) in [5.41, 5.74) is -0.798. The quantitative estimate of drug-likeness (QED) is 0.460. The summed E-state index contributed by atoms with van der Waals surface area (Å²) in [6, 6.07) is 0. The SMILES string of the molecule is C=CC(C)(C)OS(C)(=O)=O. The minimum atomic E-state index is -3.37. The van der Waals surface area contributed by atoms with Crippen molar-refractivity contribution < 1.29 is 12.6 Å². The molecule has 0 bridgehead atoms. The monoisotopic (exact) mass is 164 g/mol. The Labute approximate surface area is 61.8 Å². The van der Waals surface area contributed by atoms with Gasteiger partial charge in [-0.05, 0) is 13.8 Å². The smallest absolute Gasteiger partial charge is 0.260 e. The molecule has 3 nitrogen and oxygen atoms in total. The summed E-state index contributed by atoms with van der Waals surface area (Å²) in [7, 11) is -3.37. The standard InChI is InChI=1S/C6H12O3S/c1-5-6(2,3)9-10(4,7)8/h5H,1H2,2-4H3. The van der Waals surface area contributed by atoms with E-state index in [2.05, 4.69) is 10.8 Å². The maximum Gasteiger partial charge on any atom is 0.265 e. The highest BCUT2D eigenvalue weighted by Crippen LogP contribution is 2.12. The van der Waals surface area contributed by atoms with Crippen LogP contribution in [0.1, 0.15) is 13.8 Å². The number of rotatable bonds is 3. The van der Waals surface area contributed by atoms with Crippen molar-refractivity contribution in [3.63, 3.8) is 0 Å². The molecule has 4 heteroatoms. The van der Waals surface area contributed by atoms with Crippen LogP contribution in [0.3, 0.4) is 0 Å². The van der Waals surface area contributed by atoms with Crippen molar-refractivity contribution >= 4 is 10.1 Å². The molecule has 60 valence electrons. The first-order valence-electron chi connectivity index (χ1n) is 2.81. The molecule has 0 saturated carbocycles. The first-order chi connectivity index (χ1) is 4.27. The molecule has 0 aromatic rings. The van der Waals surface area contributed by atoms with Gasteiger partial charge in [0, 0.05) is 0 Å².